The van der Waals surface area contributed by atoms with E-state index in [1.807, 2.05) is 0 Å². The minimum atomic E-state index is -0.721. The van der Waals surface area contributed by atoms with Crippen LogP contribution < -0.4 is 16.6 Å². The fourth-order valence-corrected chi connectivity index (χ4v) is 4.27. The minimum absolute atomic E-state index is 0.0141. The van der Waals surface area contributed by atoms with Gasteiger partial charge in [-0.05, 0) is 42.6 Å². The average molecular weight is 477 g/mol. The van der Waals surface area contributed by atoms with E-state index in [2.05, 4.69) is 15.4 Å². The van der Waals surface area contributed by atoms with Gasteiger partial charge in [-0.15, -0.1) is 5.10 Å². The van der Waals surface area contributed by atoms with Gasteiger partial charge in [0.1, 0.15) is 11.4 Å². The second kappa shape index (κ2) is 8.27. The molecular formula is C24H18ClFN6O2. The molecule has 0 saturated heterocycles. The third kappa shape index (κ3) is 3.46. The summed E-state index contributed by atoms with van der Waals surface area (Å²) in [6.07, 6.45) is 3.15. The van der Waals surface area contributed by atoms with Crippen molar-refractivity contribution < 1.29 is 9.18 Å². The van der Waals surface area contributed by atoms with Crippen LogP contribution in [0.25, 0.3) is 22.1 Å². The number of nitrogens with one attached hydrogen (secondary N) is 1. The predicted molar refractivity (Wildman–Crippen MR) is 128 cm³/mol. The summed E-state index contributed by atoms with van der Waals surface area (Å²) >= 11 is 6.31. The quantitative estimate of drug-likeness (QED) is 0.409. The highest BCUT2D eigenvalue weighted by Crippen LogP contribution is 2.27. The first-order valence-corrected chi connectivity index (χ1v) is 10.7. The number of aromatic nitrogens is 4. The Morgan fingerprint density at radius 3 is 2.76 bits per heavy atom. The lowest BCUT2D eigenvalue weighted by molar-refractivity contribution is 0.0941. The number of para-hydroxylation sites is 1. The number of anilines is 1. The van der Waals surface area contributed by atoms with Crippen molar-refractivity contribution in [2.75, 3.05) is 5.73 Å². The lowest BCUT2D eigenvalue weighted by Gasteiger charge is -2.21. The molecule has 0 aliphatic heterocycles. The van der Waals surface area contributed by atoms with Crippen molar-refractivity contribution in [2.24, 2.45) is 0 Å². The first-order chi connectivity index (χ1) is 16.4. The fourth-order valence-electron chi connectivity index (χ4n) is 4.00. The maximum absolute atomic E-state index is 14.8. The highest BCUT2D eigenvalue weighted by molar-refractivity contribution is 6.35. The molecule has 10 heteroatoms. The number of benzene rings is 2. The molecule has 8 nitrogen and oxygen atoms in total. The Balaban J connectivity index is 1.66. The van der Waals surface area contributed by atoms with Crippen LogP contribution in [0, 0.1) is 5.82 Å². The van der Waals surface area contributed by atoms with Gasteiger partial charge in [0.05, 0.1) is 22.1 Å². The summed E-state index contributed by atoms with van der Waals surface area (Å²) in [5.41, 5.74) is 6.28. The number of carbonyl (C=O) groups excluding carboxylic acids is 1. The Morgan fingerprint density at radius 1 is 1.18 bits per heavy atom. The zero-order valence-corrected chi connectivity index (χ0v) is 18.6. The van der Waals surface area contributed by atoms with E-state index in [0.717, 1.165) is 0 Å². The predicted octanol–water partition coefficient (Wildman–Crippen LogP) is 3.90. The molecule has 0 unspecified atom stereocenters. The minimum Gasteiger partial charge on any atom is -0.381 e. The van der Waals surface area contributed by atoms with E-state index >= 15 is 0 Å². The molecule has 0 saturated carbocycles. The van der Waals surface area contributed by atoms with Crippen LogP contribution >= 0.6 is 11.6 Å². The maximum Gasteiger partial charge on any atom is 0.264 e. The average Bonchev–Trinajstić information content (AvgIpc) is 3.15. The molecule has 3 aromatic heterocycles. The van der Waals surface area contributed by atoms with Gasteiger partial charge in [0.25, 0.3) is 11.5 Å². The molecule has 1 amide bonds. The molecule has 0 aliphatic rings. The van der Waals surface area contributed by atoms with Crippen molar-refractivity contribution in [3.63, 3.8) is 0 Å². The van der Waals surface area contributed by atoms with Crippen molar-refractivity contribution in [2.45, 2.75) is 13.0 Å². The van der Waals surface area contributed by atoms with Gasteiger partial charge in [0.2, 0.25) is 0 Å². The Bertz CT molecular complexity index is 1640. The summed E-state index contributed by atoms with van der Waals surface area (Å²) in [6, 6.07) is 13.6. The van der Waals surface area contributed by atoms with Gasteiger partial charge in [0, 0.05) is 18.1 Å². The van der Waals surface area contributed by atoms with Crippen LogP contribution in [0.1, 0.15) is 29.0 Å². The number of amides is 1. The van der Waals surface area contributed by atoms with Gasteiger partial charge < -0.3 is 11.1 Å². The largest absolute Gasteiger partial charge is 0.381 e. The summed E-state index contributed by atoms with van der Waals surface area (Å²) in [6.45, 7) is 1.69. The molecular weight excluding hydrogens is 459 g/mol. The van der Waals surface area contributed by atoms with Gasteiger partial charge in [-0.1, -0.05) is 35.9 Å². The van der Waals surface area contributed by atoms with E-state index in [1.165, 1.54) is 33.5 Å². The van der Waals surface area contributed by atoms with Crippen molar-refractivity contribution in [1.82, 2.24) is 24.5 Å². The number of fused-ring (bicyclic) bond motifs is 2. The third-order valence-corrected chi connectivity index (χ3v) is 5.87. The van der Waals surface area contributed by atoms with Crippen LogP contribution in [0.3, 0.4) is 0 Å². The standard InChI is InChI=1S/C24H18ClFN6O2/c1-13(29-23(33)20-21(27)30-31-11-5-10-28-22(20)31)18-12-14-6-4-7-15(25)19(14)24(34)32(18)17-9-3-2-8-16(17)26/h2-13H,1H3,(H2,27,30)(H,29,33)/t13-/m0/s1. The van der Waals surface area contributed by atoms with E-state index in [1.54, 1.807) is 49.5 Å². The molecule has 0 bridgehead atoms. The van der Waals surface area contributed by atoms with Crippen LogP contribution in [0.15, 0.2) is 71.8 Å². The number of halogens is 2. The molecule has 1 atom stereocenters. The van der Waals surface area contributed by atoms with E-state index < -0.39 is 23.3 Å². The molecule has 3 heterocycles. The number of nitrogens with zero attached hydrogens (tertiary/aromatic N) is 4. The third-order valence-electron chi connectivity index (χ3n) is 5.56. The van der Waals surface area contributed by atoms with Crippen molar-refractivity contribution in [3.05, 3.63) is 99.4 Å². The SMILES string of the molecule is C[C@H](NC(=O)c1c(N)nn2cccnc12)c1cc2cccc(Cl)c2c(=O)n1-c1ccccc1F. The summed E-state index contributed by atoms with van der Waals surface area (Å²) in [7, 11) is 0. The zero-order valence-electron chi connectivity index (χ0n) is 17.9. The molecule has 34 heavy (non-hydrogen) atoms. The van der Waals surface area contributed by atoms with E-state index in [-0.39, 0.29) is 27.5 Å². The molecule has 2 aromatic carbocycles. The molecule has 0 radical (unpaired) electrons. The van der Waals surface area contributed by atoms with E-state index in [4.69, 9.17) is 17.3 Å². The highest BCUT2D eigenvalue weighted by atomic mass is 35.5. The smallest absolute Gasteiger partial charge is 0.264 e. The van der Waals surface area contributed by atoms with Crippen LogP contribution in [-0.2, 0) is 0 Å². The number of rotatable bonds is 4. The van der Waals surface area contributed by atoms with Gasteiger partial charge in [-0.25, -0.2) is 13.9 Å². The molecule has 0 aliphatic carbocycles. The molecule has 5 aromatic rings. The molecule has 5 rings (SSSR count). The number of nitrogen functional groups attached to an aromatic ring is 1. The van der Waals surface area contributed by atoms with Gasteiger partial charge in [-0.3, -0.25) is 14.2 Å². The van der Waals surface area contributed by atoms with Crippen molar-refractivity contribution >= 4 is 39.7 Å². The Morgan fingerprint density at radius 2 is 1.97 bits per heavy atom. The lowest BCUT2D eigenvalue weighted by atomic mass is 10.1. The van der Waals surface area contributed by atoms with Gasteiger partial charge in [0.15, 0.2) is 11.5 Å². The number of pyridine rings is 1. The maximum atomic E-state index is 14.8. The summed E-state index contributed by atoms with van der Waals surface area (Å²) in [5, 5.41) is 8.02. The van der Waals surface area contributed by atoms with Crippen molar-refractivity contribution in [1.29, 1.82) is 0 Å². The molecule has 170 valence electrons. The normalized spacial score (nSPS) is 12.2. The second-order valence-corrected chi connectivity index (χ2v) is 8.12. The summed E-state index contributed by atoms with van der Waals surface area (Å²) in [4.78, 5) is 30.9. The van der Waals surface area contributed by atoms with Crippen LogP contribution in [-0.4, -0.2) is 25.1 Å². The summed E-state index contributed by atoms with van der Waals surface area (Å²) in [5.74, 6) is -1.11. The Hall–Kier alpha value is -4.24. The number of hydrogen-bond donors (Lipinski definition) is 2. The number of carbonyl (C=O) groups is 1. The molecule has 3 N–H and O–H groups in total. The fraction of sp³-hybridized carbons (Fsp3) is 0.0833. The monoisotopic (exact) mass is 476 g/mol. The van der Waals surface area contributed by atoms with Gasteiger partial charge in [-0.2, -0.15) is 0 Å². The van der Waals surface area contributed by atoms with Gasteiger partial charge >= 0.3 is 0 Å². The Kier molecular flexibility index (Phi) is 5.25. The molecule has 0 spiro atoms. The summed E-state index contributed by atoms with van der Waals surface area (Å²) < 4.78 is 17.4. The highest BCUT2D eigenvalue weighted by Gasteiger charge is 2.24. The number of hydrogen-bond acceptors (Lipinski definition) is 5. The first-order valence-electron chi connectivity index (χ1n) is 10.4. The Labute approximate surface area is 197 Å². The zero-order chi connectivity index (χ0) is 24.0. The van der Waals surface area contributed by atoms with E-state index in [0.29, 0.717) is 16.7 Å². The molecule has 0 fully saturated rings. The van der Waals surface area contributed by atoms with Crippen molar-refractivity contribution in [3.8, 4) is 5.69 Å². The topological polar surface area (TPSA) is 107 Å². The van der Waals surface area contributed by atoms with Crippen LogP contribution in [0.5, 0.6) is 0 Å². The second-order valence-electron chi connectivity index (χ2n) is 7.71. The van der Waals surface area contributed by atoms with Crippen LogP contribution in [0.2, 0.25) is 5.02 Å². The van der Waals surface area contributed by atoms with Crippen LogP contribution in [0.4, 0.5) is 10.2 Å². The first kappa shape index (κ1) is 21.6. The van der Waals surface area contributed by atoms with E-state index in [9.17, 15) is 14.0 Å². The lowest BCUT2D eigenvalue weighted by Crippen LogP contribution is -2.32. The number of nitrogens with two attached hydrogens (primary N) is 1.